The van der Waals surface area contributed by atoms with Gasteiger partial charge >= 0.3 is 0 Å². The second kappa shape index (κ2) is 9.43. The van der Waals surface area contributed by atoms with E-state index in [4.69, 9.17) is 22.9 Å². The molecule has 0 aliphatic carbocycles. The Hall–Kier alpha value is -1.52. The molecule has 0 spiro atoms. The third kappa shape index (κ3) is 5.01. The second-order valence-corrected chi connectivity index (χ2v) is 8.09. The number of fused-ring (bicyclic) bond motifs is 1. The van der Waals surface area contributed by atoms with E-state index in [1.807, 2.05) is 0 Å². The molecule has 0 amide bonds. The van der Waals surface area contributed by atoms with Crippen LogP contribution in [0, 0.1) is 6.92 Å². The highest BCUT2D eigenvalue weighted by atomic mass is 32.1. The summed E-state index contributed by atoms with van der Waals surface area (Å²) in [7, 11) is 0. The summed E-state index contributed by atoms with van der Waals surface area (Å²) in [6, 6.07) is 8.90. The molecule has 1 aromatic heterocycles. The Bertz CT molecular complexity index is 750. The number of piperidine rings is 1. The molecule has 1 aliphatic rings. The molecule has 26 heavy (non-hydrogen) atoms. The molecule has 1 fully saturated rings. The lowest BCUT2D eigenvalue weighted by Crippen LogP contribution is -2.30. The van der Waals surface area contributed by atoms with Crippen LogP contribution in [0.3, 0.4) is 0 Å². The number of benzene rings is 1. The van der Waals surface area contributed by atoms with Gasteiger partial charge in [-0.1, -0.05) is 24.7 Å². The maximum absolute atomic E-state index is 5.59. The van der Waals surface area contributed by atoms with Crippen LogP contribution in [-0.2, 0) is 6.42 Å². The van der Waals surface area contributed by atoms with E-state index in [9.17, 15) is 0 Å². The summed E-state index contributed by atoms with van der Waals surface area (Å²) < 4.78 is 0. The second-order valence-electron chi connectivity index (χ2n) is 7.51. The van der Waals surface area contributed by atoms with Crippen LogP contribution in [0.5, 0.6) is 0 Å². The van der Waals surface area contributed by atoms with Gasteiger partial charge in [0, 0.05) is 24.9 Å². The smallest absolute Gasteiger partial charge is 0.129 e. The van der Waals surface area contributed by atoms with E-state index in [0.717, 1.165) is 61.5 Å². The summed E-state index contributed by atoms with van der Waals surface area (Å²) in [6.45, 7) is 5.25. The molecular weight excluding hydrogens is 338 g/mol. The number of thiocarbonyl (C=S) groups is 1. The monoisotopic (exact) mass is 369 g/mol. The number of aromatic nitrogens is 1. The molecule has 2 heterocycles. The van der Waals surface area contributed by atoms with Crippen LogP contribution in [0.2, 0.25) is 0 Å². The summed E-state index contributed by atoms with van der Waals surface area (Å²) in [5, 5.41) is 1.26. The summed E-state index contributed by atoms with van der Waals surface area (Å²) in [6.07, 6.45) is 9.25. The van der Waals surface area contributed by atoms with Gasteiger partial charge in [-0.3, -0.25) is 0 Å². The number of nitrogens with two attached hydrogens (primary N) is 1. The zero-order valence-corrected chi connectivity index (χ0v) is 16.8. The van der Waals surface area contributed by atoms with Gasteiger partial charge in [0.1, 0.15) is 5.82 Å². The van der Waals surface area contributed by atoms with Crippen LogP contribution in [0.4, 0.5) is 5.82 Å². The molecule has 2 N–H and O–H groups in total. The van der Waals surface area contributed by atoms with Crippen LogP contribution in [0.25, 0.3) is 10.9 Å². The van der Waals surface area contributed by atoms with Crippen molar-refractivity contribution in [3.05, 3.63) is 35.4 Å². The first-order valence-electron chi connectivity index (χ1n) is 10.0. The van der Waals surface area contributed by atoms with Crippen molar-refractivity contribution in [1.29, 1.82) is 0 Å². The molecule has 0 saturated carbocycles. The van der Waals surface area contributed by atoms with Gasteiger partial charge < -0.3 is 10.6 Å². The average molecular weight is 370 g/mol. The lowest BCUT2D eigenvalue weighted by atomic mass is 10.0. The van der Waals surface area contributed by atoms with Crippen molar-refractivity contribution in [1.82, 2.24) is 4.98 Å². The Labute approximate surface area is 163 Å². The standard InChI is InChI=1S/C22H31N3S/c1-17-14-22(25-12-6-3-7-13-25)24-21-10-9-18(16-20(17)21)15-19(26)8-4-2-5-11-23/h9-10,14,16H,2-8,11-13,15,23H2,1H3. The molecule has 3 nitrogen and oxygen atoms in total. The largest absolute Gasteiger partial charge is 0.357 e. The van der Waals surface area contributed by atoms with E-state index >= 15 is 0 Å². The van der Waals surface area contributed by atoms with Gasteiger partial charge in [0.05, 0.1) is 5.52 Å². The average Bonchev–Trinajstić information content (AvgIpc) is 2.66. The zero-order chi connectivity index (χ0) is 18.4. The number of hydrogen-bond acceptors (Lipinski definition) is 4. The van der Waals surface area contributed by atoms with Crippen molar-refractivity contribution < 1.29 is 0 Å². The maximum atomic E-state index is 5.59. The summed E-state index contributed by atoms with van der Waals surface area (Å²) in [4.78, 5) is 8.51. The minimum Gasteiger partial charge on any atom is -0.357 e. The van der Waals surface area contributed by atoms with Crippen LogP contribution in [-0.4, -0.2) is 29.5 Å². The number of anilines is 1. The van der Waals surface area contributed by atoms with Gasteiger partial charge in [-0.25, -0.2) is 4.98 Å². The molecule has 0 radical (unpaired) electrons. The lowest BCUT2D eigenvalue weighted by molar-refractivity contribution is 0.574. The topological polar surface area (TPSA) is 42.2 Å². The highest BCUT2D eigenvalue weighted by Gasteiger charge is 2.14. The SMILES string of the molecule is Cc1cc(N2CCCCC2)nc2ccc(CC(=S)CCCCCN)cc12. The molecule has 1 aliphatic heterocycles. The quantitative estimate of drug-likeness (QED) is 0.527. The minimum absolute atomic E-state index is 0.781. The van der Waals surface area contributed by atoms with Crippen molar-refractivity contribution >= 4 is 33.8 Å². The van der Waals surface area contributed by atoms with E-state index in [0.29, 0.717) is 0 Å². The number of hydrogen-bond donors (Lipinski definition) is 1. The first-order chi connectivity index (χ1) is 12.7. The predicted molar refractivity (Wildman–Crippen MR) is 116 cm³/mol. The Balaban J connectivity index is 1.70. The van der Waals surface area contributed by atoms with Crippen LogP contribution >= 0.6 is 12.2 Å². The van der Waals surface area contributed by atoms with E-state index in [1.54, 1.807) is 0 Å². The molecule has 4 heteroatoms. The minimum atomic E-state index is 0.781. The van der Waals surface area contributed by atoms with Crippen molar-refractivity contribution in [3.63, 3.8) is 0 Å². The third-order valence-corrected chi connectivity index (χ3v) is 5.66. The van der Waals surface area contributed by atoms with E-state index in [2.05, 4.69) is 36.1 Å². The molecule has 1 aromatic carbocycles. The maximum Gasteiger partial charge on any atom is 0.129 e. The van der Waals surface area contributed by atoms with Crippen molar-refractivity contribution in [2.75, 3.05) is 24.5 Å². The highest BCUT2D eigenvalue weighted by molar-refractivity contribution is 7.80. The van der Waals surface area contributed by atoms with E-state index in [-0.39, 0.29) is 0 Å². The number of unbranched alkanes of at least 4 members (excludes halogenated alkanes) is 2. The predicted octanol–water partition coefficient (Wildman–Crippen LogP) is 4.97. The van der Waals surface area contributed by atoms with Crippen LogP contribution < -0.4 is 10.6 Å². The fraction of sp³-hybridized carbons (Fsp3) is 0.545. The van der Waals surface area contributed by atoms with Gasteiger partial charge in [0.2, 0.25) is 0 Å². The van der Waals surface area contributed by atoms with E-state index in [1.165, 1.54) is 42.2 Å². The van der Waals surface area contributed by atoms with Gasteiger partial charge in [0.25, 0.3) is 0 Å². The van der Waals surface area contributed by atoms with Gasteiger partial charge in [-0.05, 0) is 86.2 Å². The Morgan fingerprint density at radius 2 is 1.92 bits per heavy atom. The van der Waals surface area contributed by atoms with Crippen LogP contribution in [0.15, 0.2) is 24.3 Å². The van der Waals surface area contributed by atoms with Crippen LogP contribution in [0.1, 0.15) is 56.1 Å². The Morgan fingerprint density at radius 1 is 1.12 bits per heavy atom. The first kappa shape index (κ1) is 19.2. The number of rotatable bonds is 8. The van der Waals surface area contributed by atoms with Crippen molar-refractivity contribution in [3.8, 4) is 0 Å². The molecule has 1 saturated heterocycles. The number of nitrogens with zero attached hydrogens (tertiary/aromatic N) is 2. The number of aryl methyl sites for hydroxylation is 1. The lowest BCUT2D eigenvalue weighted by Gasteiger charge is -2.28. The fourth-order valence-corrected chi connectivity index (χ4v) is 4.09. The first-order valence-corrected chi connectivity index (χ1v) is 10.4. The molecule has 0 atom stereocenters. The molecule has 0 bridgehead atoms. The summed E-state index contributed by atoms with van der Waals surface area (Å²) in [5.74, 6) is 1.14. The summed E-state index contributed by atoms with van der Waals surface area (Å²) >= 11 is 5.59. The molecule has 3 rings (SSSR count). The van der Waals surface area contributed by atoms with Crippen molar-refractivity contribution in [2.45, 2.75) is 58.3 Å². The zero-order valence-electron chi connectivity index (χ0n) is 16.0. The van der Waals surface area contributed by atoms with E-state index < -0.39 is 0 Å². The Kier molecular flexibility index (Phi) is 6.98. The number of pyridine rings is 1. The summed E-state index contributed by atoms with van der Waals surface area (Å²) in [5.41, 5.74) is 9.27. The normalized spacial score (nSPS) is 14.8. The molecule has 0 unspecified atom stereocenters. The van der Waals surface area contributed by atoms with Gasteiger partial charge in [-0.2, -0.15) is 0 Å². The molecular formula is C22H31N3S. The Morgan fingerprint density at radius 3 is 2.69 bits per heavy atom. The highest BCUT2D eigenvalue weighted by Crippen LogP contribution is 2.26. The van der Waals surface area contributed by atoms with Crippen molar-refractivity contribution in [2.24, 2.45) is 5.73 Å². The third-order valence-electron chi connectivity index (χ3n) is 5.31. The molecule has 2 aromatic rings. The van der Waals surface area contributed by atoms with Gasteiger partial charge in [0.15, 0.2) is 0 Å². The fourth-order valence-electron chi connectivity index (χ4n) is 3.78. The molecule has 140 valence electrons. The van der Waals surface area contributed by atoms with Gasteiger partial charge in [-0.15, -0.1) is 0 Å².